The topological polar surface area (TPSA) is 49.8 Å². The highest BCUT2D eigenvalue weighted by Crippen LogP contribution is 2.28. The van der Waals surface area contributed by atoms with E-state index in [1.54, 1.807) is 24.3 Å². The van der Waals surface area contributed by atoms with Crippen LogP contribution < -0.4 is 4.74 Å². The number of carboxylic acid groups (broad SMARTS) is 1. The van der Waals surface area contributed by atoms with Gasteiger partial charge in [0.05, 0.1) is 0 Å². The van der Waals surface area contributed by atoms with Gasteiger partial charge >= 0.3 is 5.97 Å². The first kappa shape index (κ1) is 13.9. The summed E-state index contributed by atoms with van der Waals surface area (Å²) in [7, 11) is 0. The molecule has 0 aromatic heterocycles. The van der Waals surface area contributed by atoms with Crippen molar-refractivity contribution in [1.29, 1.82) is 0 Å². The number of nitrogens with zero attached hydrogens (tertiary/aromatic N) is 1. The molecule has 0 bridgehead atoms. The van der Waals surface area contributed by atoms with Gasteiger partial charge in [0, 0.05) is 13.1 Å². The SMILES string of the molecule is CC1(C)CCN(CCOc2ccccc2C(=O)O)C1. The van der Waals surface area contributed by atoms with Crippen molar-refractivity contribution in [3.63, 3.8) is 0 Å². The van der Waals surface area contributed by atoms with E-state index in [0.29, 0.717) is 17.8 Å². The number of carboxylic acids is 1. The molecular weight excluding hydrogens is 242 g/mol. The Balaban J connectivity index is 1.85. The van der Waals surface area contributed by atoms with Gasteiger partial charge in [0.25, 0.3) is 0 Å². The second kappa shape index (κ2) is 5.61. The highest BCUT2D eigenvalue weighted by Gasteiger charge is 2.28. The summed E-state index contributed by atoms with van der Waals surface area (Å²) in [5, 5.41) is 9.05. The Morgan fingerprint density at radius 3 is 2.79 bits per heavy atom. The normalized spacial score (nSPS) is 18.4. The predicted molar refractivity (Wildman–Crippen MR) is 73.7 cm³/mol. The molecule has 1 saturated heterocycles. The number of hydrogen-bond donors (Lipinski definition) is 1. The van der Waals surface area contributed by atoms with Crippen LogP contribution in [0.2, 0.25) is 0 Å². The van der Waals surface area contributed by atoms with E-state index in [1.165, 1.54) is 6.42 Å². The second-order valence-electron chi connectivity index (χ2n) is 5.84. The second-order valence-corrected chi connectivity index (χ2v) is 5.84. The largest absolute Gasteiger partial charge is 0.491 e. The number of para-hydroxylation sites is 1. The molecule has 0 saturated carbocycles. The van der Waals surface area contributed by atoms with E-state index in [4.69, 9.17) is 9.84 Å². The Hall–Kier alpha value is -1.55. The predicted octanol–water partition coefficient (Wildman–Crippen LogP) is 2.50. The third kappa shape index (κ3) is 3.70. The van der Waals surface area contributed by atoms with Crippen LogP contribution in [0.25, 0.3) is 0 Å². The Labute approximate surface area is 114 Å². The van der Waals surface area contributed by atoms with Crippen molar-refractivity contribution in [2.75, 3.05) is 26.2 Å². The molecule has 0 unspecified atom stereocenters. The summed E-state index contributed by atoms with van der Waals surface area (Å²) in [4.78, 5) is 13.4. The molecule has 0 amide bonds. The van der Waals surface area contributed by atoms with Gasteiger partial charge in [0.2, 0.25) is 0 Å². The maximum atomic E-state index is 11.0. The lowest BCUT2D eigenvalue weighted by molar-refractivity contribution is 0.0691. The zero-order valence-electron chi connectivity index (χ0n) is 11.6. The first-order valence-corrected chi connectivity index (χ1v) is 6.65. The zero-order chi connectivity index (χ0) is 13.9. The molecule has 1 aliphatic heterocycles. The van der Waals surface area contributed by atoms with Gasteiger partial charge in [0.1, 0.15) is 17.9 Å². The summed E-state index contributed by atoms with van der Waals surface area (Å²) < 4.78 is 5.61. The van der Waals surface area contributed by atoms with E-state index in [2.05, 4.69) is 18.7 Å². The van der Waals surface area contributed by atoms with E-state index in [9.17, 15) is 4.79 Å². The van der Waals surface area contributed by atoms with Crippen LogP contribution in [0.3, 0.4) is 0 Å². The lowest BCUT2D eigenvalue weighted by atomic mass is 9.93. The highest BCUT2D eigenvalue weighted by molar-refractivity contribution is 5.90. The third-order valence-corrected chi connectivity index (χ3v) is 3.54. The summed E-state index contributed by atoms with van der Waals surface area (Å²) in [6, 6.07) is 6.77. The molecular formula is C15H21NO3. The smallest absolute Gasteiger partial charge is 0.339 e. The number of hydrogen-bond acceptors (Lipinski definition) is 3. The molecule has 4 nitrogen and oxygen atoms in total. The monoisotopic (exact) mass is 263 g/mol. The number of likely N-dealkylation sites (tertiary alicyclic amines) is 1. The number of rotatable bonds is 5. The van der Waals surface area contributed by atoms with Gasteiger partial charge in [-0.05, 0) is 30.5 Å². The molecule has 1 heterocycles. The average Bonchev–Trinajstić information content (AvgIpc) is 2.69. The number of aromatic carboxylic acids is 1. The number of benzene rings is 1. The molecule has 1 N–H and O–H groups in total. The summed E-state index contributed by atoms with van der Waals surface area (Å²) in [5.74, 6) is -0.494. The molecule has 0 atom stereocenters. The third-order valence-electron chi connectivity index (χ3n) is 3.54. The Morgan fingerprint density at radius 2 is 2.16 bits per heavy atom. The van der Waals surface area contributed by atoms with Crippen LogP contribution in [0.1, 0.15) is 30.6 Å². The van der Waals surface area contributed by atoms with E-state index < -0.39 is 5.97 Å². The highest BCUT2D eigenvalue weighted by atomic mass is 16.5. The van der Waals surface area contributed by atoms with Crippen LogP contribution in [0, 0.1) is 5.41 Å². The van der Waals surface area contributed by atoms with E-state index in [-0.39, 0.29) is 5.56 Å². The quantitative estimate of drug-likeness (QED) is 0.886. The Morgan fingerprint density at radius 1 is 1.42 bits per heavy atom. The van der Waals surface area contributed by atoms with Crippen molar-refractivity contribution in [3.05, 3.63) is 29.8 Å². The number of ether oxygens (including phenoxy) is 1. The molecule has 0 radical (unpaired) electrons. The fourth-order valence-electron chi connectivity index (χ4n) is 2.47. The molecule has 104 valence electrons. The van der Waals surface area contributed by atoms with Crippen molar-refractivity contribution in [2.45, 2.75) is 20.3 Å². The molecule has 1 aromatic carbocycles. The van der Waals surface area contributed by atoms with Gasteiger partial charge in [-0.2, -0.15) is 0 Å². The van der Waals surface area contributed by atoms with Crippen LogP contribution in [-0.2, 0) is 0 Å². The minimum absolute atomic E-state index is 0.226. The lowest BCUT2D eigenvalue weighted by Gasteiger charge is -2.19. The molecule has 0 spiro atoms. The summed E-state index contributed by atoms with van der Waals surface area (Å²) in [6.45, 7) is 8.09. The molecule has 19 heavy (non-hydrogen) atoms. The van der Waals surface area contributed by atoms with Gasteiger partial charge in [0.15, 0.2) is 0 Å². The molecule has 4 heteroatoms. The van der Waals surface area contributed by atoms with Crippen molar-refractivity contribution >= 4 is 5.97 Å². The van der Waals surface area contributed by atoms with Gasteiger partial charge in [-0.25, -0.2) is 4.79 Å². The fourth-order valence-corrected chi connectivity index (χ4v) is 2.47. The Bertz CT molecular complexity index is 456. The van der Waals surface area contributed by atoms with Crippen LogP contribution in [0.4, 0.5) is 0 Å². The van der Waals surface area contributed by atoms with Crippen molar-refractivity contribution in [1.82, 2.24) is 4.90 Å². The molecule has 1 fully saturated rings. The lowest BCUT2D eigenvalue weighted by Crippen LogP contribution is -2.28. The van der Waals surface area contributed by atoms with Gasteiger partial charge in [-0.1, -0.05) is 26.0 Å². The molecule has 0 aliphatic carbocycles. The first-order valence-electron chi connectivity index (χ1n) is 6.65. The zero-order valence-corrected chi connectivity index (χ0v) is 11.6. The summed E-state index contributed by atoms with van der Waals surface area (Å²) >= 11 is 0. The van der Waals surface area contributed by atoms with Crippen LogP contribution in [-0.4, -0.2) is 42.2 Å². The first-order chi connectivity index (χ1) is 8.98. The van der Waals surface area contributed by atoms with Crippen LogP contribution >= 0.6 is 0 Å². The van der Waals surface area contributed by atoms with E-state index in [1.807, 2.05) is 0 Å². The maximum Gasteiger partial charge on any atom is 0.339 e. The fraction of sp³-hybridized carbons (Fsp3) is 0.533. The average molecular weight is 263 g/mol. The van der Waals surface area contributed by atoms with Crippen molar-refractivity contribution in [3.8, 4) is 5.75 Å². The van der Waals surface area contributed by atoms with E-state index >= 15 is 0 Å². The standard InChI is InChI=1S/C15H21NO3/c1-15(2)7-8-16(11-15)9-10-19-13-6-4-3-5-12(13)14(17)18/h3-6H,7-11H2,1-2H3,(H,17,18). The Kier molecular flexibility index (Phi) is 4.10. The number of carbonyl (C=O) groups is 1. The van der Waals surface area contributed by atoms with E-state index in [0.717, 1.165) is 19.6 Å². The molecule has 2 rings (SSSR count). The van der Waals surface area contributed by atoms with Gasteiger partial charge in [-0.15, -0.1) is 0 Å². The minimum Gasteiger partial charge on any atom is -0.491 e. The molecule has 1 aliphatic rings. The van der Waals surface area contributed by atoms with Crippen molar-refractivity contribution < 1.29 is 14.6 Å². The van der Waals surface area contributed by atoms with Crippen molar-refractivity contribution in [2.24, 2.45) is 5.41 Å². The molecule has 1 aromatic rings. The van der Waals surface area contributed by atoms with Crippen LogP contribution in [0.15, 0.2) is 24.3 Å². The minimum atomic E-state index is -0.946. The summed E-state index contributed by atoms with van der Waals surface area (Å²) in [5.41, 5.74) is 0.614. The van der Waals surface area contributed by atoms with Gasteiger partial charge in [-0.3, -0.25) is 4.90 Å². The summed E-state index contributed by atoms with van der Waals surface area (Å²) in [6.07, 6.45) is 1.21. The maximum absolute atomic E-state index is 11.0. The van der Waals surface area contributed by atoms with Gasteiger partial charge < -0.3 is 9.84 Å². The van der Waals surface area contributed by atoms with Crippen LogP contribution in [0.5, 0.6) is 5.75 Å².